The predicted molar refractivity (Wildman–Crippen MR) is 64.3 cm³/mol. The van der Waals surface area contributed by atoms with Crippen LogP contribution in [0.25, 0.3) is 0 Å². The maximum absolute atomic E-state index is 11.9. The summed E-state index contributed by atoms with van der Waals surface area (Å²) in [6.45, 7) is 0.188. The molecule has 4 N–H and O–H groups in total. The number of alkyl halides is 3. The van der Waals surface area contributed by atoms with Gasteiger partial charge in [0.2, 0.25) is 0 Å². The van der Waals surface area contributed by atoms with Gasteiger partial charge < -0.3 is 10.7 Å². The lowest BCUT2D eigenvalue weighted by Gasteiger charge is -2.07. The van der Waals surface area contributed by atoms with Gasteiger partial charge in [-0.3, -0.25) is 10.6 Å². The van der Waals surface area contributed by atoms with Crippen molar-refractivity contribution < 1.29 is 18.0 Å². The fourth-order valence-corrected chi connectivity index (χ4v) is 1.36. The molecule has 0 aliphatic carbocycles. The van der Waals surface area contributed by atoms with Gasteiger partial charge in [-0.1, -0.05) is 0 Å². The van der Waals surface area contributed by atoms with Crippen molar-refractivity contribution in [3.05, 3.63) is 24.0 Å². The molecule has 1 rings (SSSR count). The Morgan fingerprint density at radius 3 is 2.58 bits per heavy atom. The molecule has 1 aromatic heterocycles. The summed E-state index contributed by atoms with van der Waals surface area (Å²) >= 11 is 0. The summed E-state index contributed by atoms with van der Waals surface area (Å²) in [6, 6.07) is 3.05. The van der Waals surface area contributed by atoms with Crippen molar-refractivity contribution in [1.29, 1.82) is 0 Å². The molecule has 0 saturated heterocycles. The van der Waals surface area contributed by atoms with E-state index in [2.05, 4.69) is 15.7 Å². The van der Waals surface area contributed by atoms with Crippen molar-refractivity contribution in [3.63, 3.8) is 0 Å². The van der Waals surface area contributed by atoms with Gasteiger partial charge in [0, 0.05) is 13.0 Å². The standard InChI is InChI=1S/C11H15F3N4O/c12-11(13,14)5-1-2-6-16-10(19)9-4-3-8(18-15)7-17-9/h3-4,7,18H,1-2,5-6,15H2,(H,16,19). The van der Waals surface area contributed by atoms with Crippen LogP contribution in [0.3, 0.4) is 0 Å². The maximum atomic E-state index is 11.9. The van der Waals surface area contributed by atoms with E-state index < -0.39 is 18.5 Å². The highest BCUT2D eigenvalue weighted by atomic mass is 19.4. The number of carbonyl (C=O) groups is 1. The number of amides is 1. The number of anilines is 1. The van der Waals surface area contributed by atoms with Gasteiger partial charge in [-0.05, 0) is 25.0 Å². The first-order chi connectivity index (χ1) is 8.92. The Kier molecular flexibility index (Phi) is 5.56. The summed E-state index contributed by atoms with van der Waals surface area (Å²) in [5, 5.41) is 2.50. The summed E-state index contributed by atoms with van der Waals surface area (Å²) < 4.78 is 35.6. The number of nitrogens with zero attached hydrogens (tertiary/aromatic N) is 1. The summed E-state index contributed by atoms with van der Waals surface area (Å²) in [7, 11) is 0. The van der Waals surface area contributed by atoms with E-state index >= 15 is 0 Å². The van der Waals surface area contributed by atoms with Gasteiger partial charge in [0.15, 0.2) is 0 Å². The molecular formula is C11H15F3N4O. The van der Waals surface area contributed by atoms with E-state index in [1.54, 1.807) is 6.07 Å². The first-order valence-electron chi connectivity index (χ1n) is 5.70. The van der Waals surface area contributed by atoms with Crippen LogP contribution in [0.1, 0.15) is 29.8 Å². The molecule has 0 bridgehead atoms. The minimum atomic E-state index is -4.14. The lowest BCUT2D eigenvalue weighted by Crippen LogP contribution is -2.25. The Balaban J connectivity index is 2.27. The molecule has 5 nitrogen and oxygen atoms in total. The second-order valence-electron chi connectivity index (χ2n) is 3.90. The average Bonchev–Trinajstić information content (AvgIpc) is 2.37. The fraction of sp³-hybridized carbons (Fsp3) is 0.455. The molecule has 8 heteroatoms. The second kappa shape index (κ2) is 6.93. The van der Waals surface area contributed by atoms with Crippen LogP contribution < -0.4 is 16.6 Å². The topological polar surface area (TPSA) is 80.0 Å². The number of nitrogens with two attached hydrogens (primary N) is 1. The molecule has 1 amide bonds. The van der Waals surface area contributed by atoms with E-state index in [1.165, 1.54) is 12.3 Å². The molecular weight excluding hydrogens is 261 g/mol. The molecule has 106 valence electrons. The van der Waals surface area contributed by atoms with Crippen LogP contribution >= 0.6 is 0 Å². The van der Waals surface area contributed by atoms with Crippen molar-refractivity contribution in [2.24, 2.45) is 5.84 Å². The lowest BCUT2D eigenvalue weighted by molar-refractivity contribution is -0.135. The van der Waals surface area contributed by atoms with Crippen molar-refractivity contribution in [2.45, 2.75) is 25.4 Å². The SMILES string of the molecule is NNc1ccc(C(=O)NCCCCC(F)(F)F)nc1. The molecule has 1 heterocycles. The normalized spacial score (nSPS) is 11.2. The number of rotatable bonds is 6. The van der Waals surface area contributed by atoms with Gasteiger partial charge >= 0.3 is 6.18 Å². The summed E-state index contributed by atoms with van der Waals surface area (Å²) in [4.78, 5) is 15.4. The monoisotopic (exact) mass is 276 g/mol. The van der Waals surface area contributed by atoms with Crippen LogP contribution in [0.5, 0.6) is 0 Å². The van der Waals surface area contributed by atoms with Crippen LogP contribution in [0.4, 0.5) is 18.9 Å². The first kappa shape index (κ1) is 15.2. The fourth-order valence-electron chi connectivity index (χ4n) is 1.36. The highest BCUT2D eigenvalue weighted by Crippen LogP contribution is 2.21. The third-order valence-electron chi connectivity index (χ3n) is 2.34. The number of nitrogens with one attached hydrogen (secondary N) is 2. The molecule has 0 aliphatic heterocycles. The zero-order valence-electron chi connectivity index (χ0n) is 10.1. The quantitative estimate of drug-likeness (QED) is 0.421. The molecule has 0 aliphatic rings. The highest BCUT2D eigenvalue weighted by molar-refractivity contribution is 5.92. The van der Waals surface area contributed by atoms with Gasteiger partial charge in [-0.2, -0.15) is 13.2 Å². The molecule has 0 spiro atoms. The molecule has 0 unspecified atom stereocenters. The smallest absolute Gasteiger partial charge is 0.351 e. The molecule has 0 atom stereocenters. The Morgan fingerprint density at radius 1 is 1.32 bits per heavy atom. The van der Waals surface area contributed by atoms with Crippen molar-refractivity contribution in [2.75, 3.05) is 12.0 Å². The van der Waals surface area contributed by atoms with Gasteiger partial charge in [-0.15, -0.1) is 0 Å². The Bertz CT molecular complexity index is 405. The number of pyridine rings is 1. The molecule has 0 saturated carbocycles. The van der Waals surface area contributed by atoms with Crippen LogP contribution in [0.15, 0.2) is 18.3 Å². The Labute approximate surface area is 108 Å². The minimum Gasteiger partial charge on any atom is -0.351 e. The van der Waals surface area contributed by atoms with Crippen LogP contribution in [-0.2, 0) is 0 Å². The van der Waals surface area contributed by atoms with E-state index in [1.807, 2.05) is 0 Å². The van der Waals surface area contributed by atoms with Gasteiger partial charge in [0.05, 0.1) is 11.9 Å². The van der Waals surface area contributed by atoms with Gasteiger partial charge in [0.1, 0.15) is 5.69 Å². The minimum absolute atomic E-state index is 0.00671. The Morgan fingerprint density at radius 2 is 2.05 bits per heavy atom. The van der Waals surface area contributed by atoms with Crippen molar-refractivity contribution >= 4 is 11.6 Å². The van der Waals surface area contributed by atoms with E-state index in [0.717, 1.165) is 0 Å². The summed E-state index contributed by atoms with van der Waals surface area (Å²) in [6.07, 6.45) is -3.33. The van der Waals surface area contributed by atoms with Crippen molar-refractivity contribution in [1.82, 2.24) is 10.3 Å². The van der Waals surface area contributed by atoms with Crippen LogP contribution in [0, 0.1) is 0 Å². The zero-order chi connectivity index (χ0) is 14.3. The number of nitrogen functional groups attached to an aromatic ring is 1. The van der Waals surface area contributed by atoms with E-state index in [9.17, 15) is 18.0 Å². The van der Waals surface area contributed by atoms with E-state index in [4.69, 9.17) is 5.84 Å². The second-order valence-corrected chi connectivity index (χ2v) is 3.90. The number of carbonyl (C=O) groups excluding carboxylic acids is 1. The number of halogens is 3. The van der Waals surface area contributed by atoms with Gasteiger partial charge in [-0.25, -0.2) is 4.98 Å². The molecule has 1 aromatic rings. The zero-order valence-corrected chi connectivity index (χ0v) is 10.1. The summed E-state index contributed by atoms with van der Waals surface area (Å²) in [5.41, 5.74) is 3.11. The van der Waals surface area contributed by atoms with E-state index in [0.29, 0.717) is 5.69 Å². The first-order valence-corrected chi connectivity index (χ1v) is 5.70. The number of hydrogen-bond donors (Lipinski definition) is 3. The molecule has 0 aromatic carbocycles. The lowest BCUT2D eigenvalue weighted by atomic mass is 10.2. The highest BCUT2D eigenvalue weighted by Gasteiger charge is 2.25. The van der Waals surface area contributed by atoms with Crippen molar-refractivity contribution in [3.8, 4) is 0 Å². The van der Waals surface area contributed by atoms with Crippen LogP contribution in [0.2, 0.25) is 0 Å². The largest absolute Gasteiger partial charge is 0.389 e. The molecule has 0 radical (unpaired) electrons. The summed E-state index contributed by atoms with van der Waals surface area (Å²) in [5.74, 6) is 4.72. The third-order valence-corrected chi connectivity index (χ3v) is 2.34. The average molecular weight is 276 g/mol. The number of aromatic nitrogens is 1. The third kappa shape index (κ3) is 6.05. The number of hydrogen-bond acceptors (Lipinski definition) is 4. The molecule has 0 fully saturated rings. The van der Waals surface area contributed by atoms with Crippen LogP contribution in [-0.4, -0.2) is 23.6 Å². The van der Waals surface area contributed by atoms with Gasteiger partial charge in [0.25, 0.3) is 5.91 Å². The Hall–Kier alpha value is -1.83. The molecule has 19 heavy (non-hydrogen) atoms. The van der Waals surface area contributed by atoms with E-state index in [-0.39, 0.29) is 25.1 Å². The maximum Gasteiger partial charge on any atom is 0.389 e. The number of hydrazine groups is 1. The predicted octanol–water partition coefficient (Wildman–Crippen LogP) is 1.83. The number of unbranched alkanes of at least 4 members (excludes halogenated alkanes) is 1.